The maximum Gasteiger partial charge on any atom is 0.303 e. The molecule has 0 fully saturated rings. The number of amides is 2. The molecule has 4 aliphatic rings. The lowest BCUT2D eigenvalue weighted by Crippen LogP contribution is -2.47. The van der Waals surface area contributed by atoms with Crippen LogP contribution in [-0.4, -0.2) is 91.7 Å². The molecule has 2 aliphatic carbocycles. The van der Waals surface area contributed by atoms with Crippen molar-refractivity contribution in [3.8, 4) is 0 Å². The summed E-state index contributed by atoms with van der Waals surface area (Å²) < 4.78 is 23.4. The minimum atomic E-state index is -1.34. The number of oxime groups is 2. The molecule has 0 saturated carbocycles. The van der Waals surface area contributed by atoms with Crippen LogP contribution in [0.15, 0.2) is 51.9 Å². The van der Waals surface area contributed by atoms with E-state index in [1.54, 1.807) is 12.2 Å². The van der Waals surface area contributed by atoms with Gasteiger partial charge < -0.3 is 39.3 Å². The second kappa shape index (κ2) is 15.0. The Morgan fingerprint density at radius 3 is 1.62 bits per heavy atom. The van der Waals surface area contributed by atoms with Gasteiger partial charge in [0.15, 0.2) is 18.0 Å². The normalized spacial score (nSPS) is 26.4. The minimum absolute atomic E-state index is 0.0170. The summed E-state index contributed by atoms with van der Waals surface area (Å²) in [5.41, 5.74) is -2.66. The highest BCUT2D eigenvalue weighted by molar-refractivity contribution is 9.12. The Labute approximate surface area is 302 Å². The number of esters is 2. The molecule has 0 aromatic rings. The van der Waals surface area contributed by atoms with Gasteiger partial charge in [-0.05, 0) is 75.9 Å². The minimum Gasteiger partial charge on any atom is -0.495 e. The molecule has 47 heavy (non-hydrogen) atoms. The number of allylic oxidation sites excluding steroid dienone is 2. The zero-order valence-corrected chi connectivity index (χ0v) is 31.6. The monoisotopic (exact) mass is 912 g/mol. The largest absolute Gasteiger partial charge is 0.495 e. The van der Waals surface area contributed by atoms with Gasteiger partial charge in [-0.2, -0.15) is 0 Å². The maximum absolute atomic E-state index is 12.9. The molecule has 4 atom stereocenters. The van der Waals surface area contributed by atoms with Crippen LogP contribution in [0.2, 0.25) is 0 Å². The number of rotatable bonds is 11. The lowest BCUT2D eigenvalue weighted by molar-refractivity contribution is -0.157. The van der Waals surface area contributed by atoms with Gasteiger partial charge in [-0.15, -0.1) is 0 Å². The second-order valence-electron chi connectivity index (χ2n) is 10.5. The Balaban J connectivity index is 1.27. The van der Waals surface area contributed by atoms with Crippen molar-refractivity contribution in [2.75, 3.05) is 27.3 Å². The first-order chi connectivity index (χ1) is 22.2. The van der Waals surface area contributed by atoms with Gasteiger partial charge in [0.05, 0.1) is 38.7 Å². The van der Waals surface area contributed by atoms with E-state index in [0.717, 1.165) is 0 Å². The molecule has 0 radical (unpaired) electrons. The van der Waals surface area contributed by atoms with Gasteiger partial charge in [0.25, 0.3) is 11.8 Å². The first kappa shape index (κ1) is 36.8. The Bertz CT molecular complexity index is 1590. The average molecular weight is 916 g/mol. The summed E-state index contributed by atoms with van der Waals surface area (Å²) in [7, 11) is 2.89. The van der Waals surface area contributed by atoms with Crippen LogP contribution >= 0.6 is 63.7 Å². The lowest BCUT2D eigenvalue weighted by atomic mass is 9.86. The van der Waals surface area contributed by atoms with Crippen molar-refractivity contribution < 1.29 is 52.6 Å². The molecule has 4 unspecified atom stereocenters. The fourth-order valence-electron chi connectivity index (χ4n) is 5.03. The quantitative estimate of drug-likeness (QED) is 0.290. The van der Waals surface area contributed by atoms with Crippen LogP contribution < -0.4 is 10.6 Å². The Hall–Kier alpha value is -3.03. The molecule has 0 aromatic carbocycles. The third-order valence-electron chi connectivity index (χ3n) is 7.13. The van der Waals surface area contributed by atoms with Crippen molar-refractivity contribution in [3.05, 3.63) is 41.6 Å². The number of carbonyl (C=O) groups excluding carboxylic acids is 5. The number of ether oxygens (including phenoxy) is 4. The van der Waals surface area contributed by atoms with Crippen LogP contribution in [0, 0.1) is 0 Å². The molecule has 254 valence electrons. The molecular weight excluding hydrogens is 888 g/mol. The van der Waals surface area contributed by atoms with Gasteiger partial charge in [0.2, 0.25) is 11.2 Å². The molecular formula is C28H28Br4N4O11. The number of hydrogen-bond acceptors (Lipinski definition) is 13. The average Bonchev–Trinajstić information content (AvgIpc) is 3.62. The van der Waals surface area contributed by atoms with E-state index in [2.05, 4.69) is 84.7 Å². The summed E-state index contributed by atoms with van der Waals surface area (Å²) in [6.45, 7) is 2.08. The molecule has 2 spiro atoms. The predicted molar refractivity (Wildman–Crippen MR) is 178 cm³/mol. The SMILES string of the molecule is COC1=C(Br)C(OC(C)=O)C2(C=C1Br)CC(C(=O)NCCC(=O)CNC(=O)C1=NOC3(C=C(Br)C(OC)=C(Br)C3OC(C)=O)C1)=NO2. The van der Waals surface area contributed by atoms with E-state index in [-0.39, 0.29) is 49.6 Å². The van der Waals surface area contributed by atoms with Crippen molar-refractivity contribution in [2.24, 2.45) is 10.3 Å². The van der Waals surface area contributed by atoms with Gasteiger partial charge in [-0.25, -0.2) is 0 Å². The third kappa shape index (κ3) is 7.83. The molecule has 2 aliphatic heterocycles. The Morgan fingerprint density at radius 1 is 0.787 bits per heavy atom. The maximum atomic E-state index is 12.9. The lowest BCUT2D eigenvalue weighted by Gasteiger charge is -2.35. The van der Waals surface area contributed by atoms with Crippen molar-refractivity contribution in [3.63, 3.8) is 0 Å². The summed E-state index contributed by atoms with van der Waals surface area (Å²) in [4.78, 5) is 73.1. The zero-order valence-electron chi connectivity index (χ0n) is 25.2. The number of methoxy groups -OCH3 is 2. The van der Waals surface area contributed by atoms with Crippen LogP contribution in [0.3, 0.4) is 0 Å². The van der Waals surface area contributed by atoms with Crippen molar-refractivity contribution in [1.29, 1.82) is 0 Å². The highest BCUT2D eigenvalue weighted by Crippen LogP contribution is 2.47. The van der Waals surface area contributed by atoms with E-state index in [9.17, 15) is 24.0 Å². The van der Waals surface area contributed by atoms with Crippen molar-refractivity contribution in [2.45, 2.75) is 56.5 Å². The molecule has 19 heteroatoms. The van der Waals surface area contributed by atoms with Gasteiger partial charge in [-0.1, -0.05) is 10.3 Å². The molecule has 4 rings (SSSR count). The van der Waals surface area contributed by atoms with E-state index < -0.39 is 47.2 Å². The summed E-state index contributed by atoms with van der Waals surface area (Å²) in [6, 6.07) is 0. The Kier molecular flexibility index (Phi) is 11.8. The number of ketones is 1. The number of Topliss-reactive ketones (excluding diaryl/α,β-unsaturated/α-hetero) is 1. The molecule has 2 amide bonds. The summed E-state index contributed by atoms with van der Waals surface area (Å²) in [5, 5.41) is 12.9. The number of hydrogen-bond donors (Lipinski definition) is 2. The second-order valence-corrected chi connectivity index (χ2v) is 13.9. The molecule has 0 aromatic heterocycles. The number of nitrogens with zero attached hydrogens (tertiary/aromatic N) is 2. The fourth-order valence-corrected chi connectivity index (χ4v) is 8.80. The van der Waals surface area contributed by atoms with Crippen LogP contribution in [-0.2, 0) is 52.6 Å². The molecule has 2 N–H and O–H groups in total. The first-order valence-corrected chi connectivity index (χ1v) is 16.9. The molecule has 0 saturated heterocycles. The van der Waals surface area contributed by atoms with E-state index in [1.165, 1.54) is 28.1 Å². The van der Waals surface area contributed by atoms with Crippen molar-refractivity contribution >= 4 is 105 Å². The summed E-state index contributed by atoms with van der Waals surface area (Å²) >= 11 is 13.6. The molecule has 2 heterocycles. The van der Waals surface area contributed by atoms with Crippen molar-refractivity contribution in [1.82, 2.24) is 10.6 Å². The number of halogens is 4. The highest BCUT2D eigenvalue weighted by atomic mass is 79.9. The number of nitrogens with one attached hydrogen (secondary N) is 2. The van der Waals surface area contributed by atoms with Gasteiger partial charge in [0, 0.05) is 39.7 Å². The van der Waals surface area contributed by atoms with Crippen LogP contribution in [0.1, 0.15) is 33.1 Å². The smallest absolute Gasteiger partial charge is 0.303 e. The van der Waals surface area contributed by atoms with Crippen LogP contribution in [0.4, 0.5) is 0 Å². The number of carbonyl (C=O) groups is 5. The molecule has 15 nitrogen and oxygen atoms in total. The van der Waals surface area contributed by atoms with E-state index >= 15 is 0 Å². The Morgan fingerprint density at radius 2 is 1.21 bits per heavy atom. The third-order valence-corrected chi connectivity index (χ3v) is 9.86. The first-order valence-electron chi connectivity index (χ1n) is 13.7. The van der Waals surface area contributed by atoms with E-state index in [0.29, 0.717) is 29.4 Å². The van der Waals surface area contributed by atoms with E-state index in [4.69, 9.17) is 28.6 Å². The molecule has 0 bridgehead atoms. The van der Waals surface area contributed by atoms with Gasteiger partial charge >= 0.3 is 11.9 Å². The van der Waals surface area contributed by atoms with E-state index in [1.807, 2.05) is 0 Å². The zero-order chi connectivity index (χ0) is 34.7. The fraction of sp³-hybridized carbons (Fsp3) is 0.464. The predicted octanol–water partition coefficient (Wildman–Crippen LogP) is 3.16. The standard InChI is InChI=1S/C28H28Br4N4O11/c1-12(37)44-23-19(31)21(42-3)15(29)7-27(23)9-17(35-46-27)25(40)33-6-5-14(39)11-34-26(41)18-10-28(47-36-18)8-16(30)22(43-4)20(32)24(28)45-13(2)38/h7-8,23-24H,5-6,9-11H2,1-4H3,(H,33,40)(H,34,41). The van der Waals surface area contributed by atoms with Gasteiger partial charge in [-0.3, -0.25) is 24.0 Å². The summed E-state index contributed by atoms with van der Waals surface area (Å²) in [5.74, 6) is -2.02. The van der Waals surface area contributed by atoms with Gasteiger partial charge in [0.1, 0.15) is 22.9 Å². The topological polar surface area (TPSA) is 190 Å². The summed E-state index contributed by atoms with van der Waals surface area (Å²) in [6.07, 6.45) is 0.999. The van der Waals surface area contributed by atoms with Crippen LogP contribution in [0.25, 0.3) is 0 Å². The highest BCUT2D eigenvalue weighted by Gasteiger charge is 2.54. The van der Waals surface area contributed by atoms with Crippen LogP contribution in [0.5, 0.6) is 0 Å².